The molecule has 2 heterocycles. The lowest BCUT2D eigenvalue weighted by molar-refractivity contribution is 0.0914. The van der Waals surface area contributed by atoms with E-state index >= 15 is 0 Å². The fourth-order valence-corrected chi connectivity index (χ4v) is 4.55. The van der Waals surface area contributed by atoms with Crippen molar-refractivity contribution in [2.45, 2.75) is 56.6 Å². The van der Waals surface area contributed by atoms with Gasteiger partial charge >= 0.3 is 0 Å². The van der Waals surface area contributed by atoms with Gasteiger partial charge in [-0.15, -0.1) is 0 Å². The summed E-state index contributed by atoms with van der Waals surface area (Å²) in [6, 6.07) is 10.7. The molecule has 1 atom stereocenters. The Morgan fingerprint density at radius 2 is 1.88 bits per heavy atom. The summed E-state index contributed by atoms with van der Waals surface area (Å²) < 4.78 is 39.0. The van der Waals surface area contributed by atoms with Crippen LogP contribution in [0.15, 0.2) is 52.0 Å². The Labute approximate surface area is 156 Å². The third-order valence-corrected chi connectivity index (χ3v) is 6.53. The van der Waals surface area contributed by atoms with Gasteiger partial charge in [0.05, 0.1) is 23.8 Å². The number of ether oxygens (including phenoxy) is 1. The molecule has 0 amide bonds. The van der Waals surface area contributed by atoms with E-state index in [0.717, 1.165) is 18.4 Å². The van der Waals surface area contributed by atoms with E-state index in [1.807, 2.05) is 12.1 Å². The second-order valence-electron chi connectivity index (χ2n) is 7.79. The summed E-state index contributed by atoms with van der Waals surface area (Å²) in [4.78, 5) is 0.301. The van der Waals surface area contributed by atoms with Crippen LogP contribution in [0.2, 0.25) is 0 Å². The maximum atomic E-state index is 13.2. The fourth-order valence-electron chi connectivity index (χ4n) is 3.12. The van der Waals surface area contributed by atoms with E-state index in [-0.39, 0.29) is 18.1 Å². The highest BCUT2D eigenvalue weighted by atomic mass is 32.2. The lowest BCUT2D eigenvalue weighted by Gasteiger charge is -2.25. The number of benzene rings is 1. The number of rotatable bonds is 6. The summed E-state index contributed by atoms with van der Waals surface area (Å²) in [7, 11) is -3.63. The molecule has 1 aliphatic rings. The smallest absolute Gasteiger partial charge is 0.243 e. The Hall–Kier alpha value is -1.63. The first kappa shape index (κ1) is 19.1. The van der Waals surface area contributed by atoms with Crippen molar-refractivity contribution >= 4 is 10.0 Å². The van der Waals surface area contributed by atoms with Gasteiger partial charge in [-0.25, -0.2) is 8.42 Å². The van der Waals surface area contributed by atoms with Crippen molar-refractivity contribution in [1.82, 2.24) is 4.31 Å². The van der Waals surface area contributed by atoms with Crippen LogP contribution in [-0.2, 0) is 26.7 Å². The van der Waals surface area contributed by atoms with Gasteiger partial charge in [0.1, 0.15) is 5.76 Å². The molecule has 3 rings (SSSR count). The lowest BCUT2D eigenvalue weighted by Crippen LogP contribution is -2.36. The van der Waals surface area contributed by atoms with Crippen LogP contribution in [0.3, 0.4) is 0 Å². The van der Waals surface area contributed by atoms with Gasteiger partial charge in [-0.2, -0.15) is 4.31 Å². The van der Waals surface area contributed by atoms with E-state index in [0.29, 0.717) is 23.8 Å². The molecule has 142 valence electrons. The molecule has 2 aromatic rings. The standard InChI is InChI=1S/C20H27NO4S/c1-20(2,3)16-8-10-19(11-9-16)26(22,23)21(14-17-6-4-12-24-17)15-18-7-5-13-25-18/h4,6,8-12,18H,5,7,13-15H2,1-3H3. The molecular formula is C20H27NO4S. The summed E-state index contributed by atoms with van der Waals surface area (Å²) in [5.74, 6) is 0.623. The zero-order chi connectivity index (χ0) is 18.8. The van der Waals surface area contributed by atoms with E-state index in [1.54, 1.807) is 30.5 Å². The normalized spacial score (nSPS) is 18.5. The topological polar surface area (TPSA) is 59.8 Å². The maximum Gasteiger partial charge on any atom is 0.243 e. The Kier molecular flexibility index (Phi) is 5.55. The minimum absolute atomic E-state index is 0.0200. The van der Waals surface area contributed by atoms with Crippen molar-refractivity contribution in [3.63, 3.8) is 0 Å². The predicted octanol–water partition coefficient (Wildman–Crippen LogP) is 3.95. The van der Waals surface area contributed by atoms with E-state index in [9.17, 15) is 8.42 Å². The second-order valence-corrected chi connectivity index (χ2v) is 9.72. The van der Waals surface area contributed by atoms with Crippen LogP contribution in [0, 0.1) is 0 Å². The van der Waals surface area contributed by atoms with Crippen LogP contribution in [0.25, 0.3) is 0 Å². The van der Waals surface area contributed by atoms with Crippen LogP contribution in [0.5, 0.6) is 0 Å². The molecule has 1 saturated heterocycles. The van der Waals surface area contributed by atoms with Gasteiger partial charge in [-0.05, 0) is 48.1 Å². The minimum atomic E-state index is -3.63. The molecule has 1 aromatic carbocycles. The summed E-state index contributed by atoms with van der Waals surface area (Å²) in [5.41, 5.74) is 1.08. The third-order valence-electron chi connectivity index (χ3n) is 4.70. The molecule has 0 saturated carbocycles. The third kappa shape index (κ3) is 4.37. The van der Waals surface area contributed by atoms with Crippen molar-refractivity contribution in [2.24, 2.45) is 0 Å². The Balaban J connectivity index is 1.87. The maximum absolute atomic E-state index is 13.2. The highest BCUT2D eigenvalue weighted by Crippen LogP contribution is 2.26. The molecule has 1 aromatic heterocycles. The Morgan fingerprint density at radius 1 is 1.15 bits per heavy atom. The summed E-state index contributed by atoms with van der Waals surface area (Å²) in [6.07, 6.45) is 3.35. The van der Waals surface area contributed by atoms with Gasteiger partial charge in [-0.1, -0.05) is 32.9 Å². The monoisotopic (exact) mass is 377 g/mol. The lowest BCUT2D eigenvalue weighted by atomic mass is 9.87. The van der Waals surface area contributed by atoms with Crippen LogP contribution >= 0.6 is 0 Å². The van der Waals surface area contributed by atoms with E-state index in [4.69, 9.17) is 9.15 Å². The fraction of sp³-hybridized carbons (Fsp3) is 0.500. The van der Waals surface area contributed by atoms with Crippen LogP contribution < -0.4 is 0 Å². The van der Waals surface area contributed by atoms with Crippen molar-refractivity contribution < 1.29 is 17.6 Å². The number of sulfonamides is 1. The van der Waals surface area contributed by atoms with E-state index in [1.165, 1.54) is 4.31 Å². The van der Waals surface area contributed by atoms with Gasteiger partial charge in [-0.3, -0.25) is 0 Å². The van der Waals surface area contributed by atoms with Crippen LogP contribution in [-0.4, -0.2) is 32.0 Å². The van der Waals surface area contributed by atoms with E-state index < -0.39 is 10.0 Å². The zero-order valence-corrected chi connectivity index (χ0v) is 16.5. The zero-order valence-electron chi connectivity index (χ0n) is 15.6. The molecule has 0 spiro atoms. The summed E-state index contributed by atoms with van der Waals surface area (Å²) >= 11 is 0. The molecule has 1 aliphatic heterocycles. The van der Waals surface area contributed by atoms with Crippen molar-refractivity contribution in [1.29, 1.82) is 0 Å². The first-order valence-corrected chi connectivity index (χ1v) is 10.5. The Morgan fingerprint density at radius 3 is 2.42 bits per heavy atom. The number of hydrogen-bond acceptors (Lipinski definition) is 4. The SMILES string of the molecule is CC(C)(C)c1ccc(S(=O)(=O)N(Cc2ccco2)CC2CCCO2)cc1. The predicted molar refractivity (Wildman–Crippen MR) is 100 cm³/mol. The number of furan rings is 1. The highest BCUT2D eigenvalue weighted by molar-refractivity contribution is 7.89. The average Bonchev–Trinajstić information content (AvgIpc) is 3.27. The molecule has 0 N–H and O–H groups in total. The van der Waals surface area contributed by atoms with Gasteiger partial charge in [0, 0.05) is 13.2 Å². The molecule has 0 aliphatic carbocycles. The first-order valence-electron chi connectivity index (χ1n) is 9.01. The molecule has 5 nitrogen and oxygen atoms in total. The molecule has 6 heteroatoms. The second kappa shape index (κ2) is 7.55. The quantitative estimate of drug-likeness (QED) is 0.765. The molecule has 0 radical (unpaired) electrons. The molecule has 1 unspecified atom stereocenters. The highest BCUT2D eigenvalue weighted by Gasteiger charge is 2.30. The molecule has 26 heavy (non-hydrogen) atoms. The minimum Gasteiger partial charge on any atom is -0.468 e. The largest absolute Gasteiger partial charge is 0.468 e. The first-order chi connectivity index (χ1) is 12.3. The van der Waals surface area contributed by atoms with Crippen LogP contribution in [0.4, 0.5) is 0 Å². The van der Waals surface area contributed by atoms with E-state index in [2.05, 4.69) is 20.8 Å². The van der Waals surface area contributed by atoms with Gasteiger partial charge in [0.15, 0.2) is 0 Å². The van der Waals surface area contributed by atoms with Gasteiger partial charge in [0.2, 0.25) is 10.0 Å². The molecule has 1 fully saturated rings. The van der Waals surface area contributed by atoms with Gasteiger partial charge < -0.3 is 9.15 Å². The van der Waals surface area contributed by atoms with Crippen molar-refractivity contribution in [3.8, 4) is 0 Å². The van der Waals surface area contributed by atoms with Gasteiger partial charge in [0.25, 0.3) is 0 Å². The average molecular weight is 378 g/mol. The number of nitrogens with zero attached hydrogens (tertiary/aromatic N) is 1. The Bertz CT molecular complexity index is 798. The summed E-state index contributed by atoms with van der Waals surface area (Å²) in [6.45, 7) is 7.56. The van der Waals surface area contributed by atoms with Crippen molar-refractivity contribution in [3.05, 3.63) is 54.0 Å². The summed E-state index contributed by atoms with van der Waals surface area (Å²) in [5, 5.41) is 0. The molecular weight excluding hydrogens is 350 g/mol. The van der Waals surface area contributed by atoms with Crippen molar-refractivity contribution in [2.75, 3.05) is 13.2 Å². The molecule has 0 bridgehead atoms. The number of hydrogen-bond donors (Lipinski definition) is 0. The van der Waals surface area contributed by atoms with Crippen LogP contribution in [0.1, 0.15) is 44.9 Å².